The first-order valence-corrected chi connectivity index (χ1v) is 12.1. The number of aromatic nitrogens is 1. The van der Waals surface area contributed by atoms with Gasteiger partial charge in [-0.2, -0.15) is 0 Å². The molecule has 1 unspecified atom stereocenters. The Balaban J connectivity index is 1.33. The Labute approximate surface area is 208 Å². The zero-order chi connectivity index (χ0) is 25.7. The van der Waals surface area contributed by atoms with Gasteiger partial charge in [-0.3, -0.25) is 4.98 Å². The number of rotatable bonds is 10. The van der Waals surface area contributed by atoms with Gasteiger partial charge in [-0.15, -0.1) is 0 Å². The smallest absolute Gasteiger partial charge is 0.148 e. The summed E-state index contributed by atoms with van der Waals surface area (Å²) in [6.07, 6.45) is 1.37. The second-order valence-corrected chi connectivity index (χ2v) is 9.49. The minimum atomic E-state index is -1.54. The maximum absolute atomic E-state index is 15.4. The van der Waals surface area contributed by atoms with E-state index in [1.165, 1.54) is 19.2 Å². The minimum Gasteiger partial charge on any atom is -0.497 e. The molecule has 0 radical (unpaired) electrons. The van der Waals surface area contributed by atoms with Gasteiger partial charge in [-0.25, -0.2) is 17.6 Å². The number of alkyl halides is 1. The second kappa shape index (κ2) is 11.4. The first-order valence-electron chi connectivity index (χ1n) is 12.1. The van der Waals surface area contributed by atoms with E-state index in [9.17, 15) is 18.3 Å². The molecule has 194 valence electrons. The lowest BCUT2D eigenvalue weighted by Gasteiger charge is -2.41. The number of methoxy groups -OCH3 is 1. The number of hydrogen-bond donors (Lipinski definition) is 2. The third kappa shape index (κ3) is 6.07. The average Bonchev–Trinajstić information content (AvgIpc) is 2.87. The molecule has 0 spiro atoms. The highest BCUT2D eigenvalue weighted by atomic mass is 19.1. The van der Waals surface area contributed by atoms with E-state index < -0.39 is 29.0 Å². The number of fused-ring (bicyclic) bond motifs is 1. The molecule has 36 heavy (non-hydrogen) atoms. The molecule has 1 aliphatic rings. The van der Waals surface area contributed by atoms with Gasteiger partial charge in [0.05, 0.1) is 18.8 Å². The van der Waals surface area contributed by atoms with Crippen LogP contribution in [0.3, 0.4) is 0 Å². The molecule has 1 aromatic heterocycles. The van der Waals surface area contributed by atoms with Crippen molar-refractivity contribution in [3.05, 3.63) is 65.6 Å². The van der Waals surface area contributed by atoms with Crippen molar-refractivity contribution in [1.29, 1.82) is 0 Å². The van der Waals surface area contributed by atoms with Crippen molar-refractivity contribution in [2.24, 2.45) is 5.41 Å². The SMILES string of the molecule is COc1ccc2ncc(F)c(C(F)CCC3(CO)CCN(CCNc4cc(F)cc(F)c4)CC3)c2c1. The summed E-state index contributed by atoms with van der Waals surface area (Å²) in [4.78, 5) is 6.25. The standard InChI is InChI=1S/C27H31F4N3O2/c1-36-21-2-3-25-22(15-21)26(24(31)16-33-25)23(30)4-5-27(17-35)6-9-34(10-7-27)11-8-32-20-13-18(28)12-19(29)14-20/h2-3,12-16,23,32,35H,4-11,17H2,1H3. The lowest BCUT2D eigenvalue weighted by molar-refractivity contribution is 0.0314. The third-order valence-corrected chi connectivity index (χ3v) is 7.18. The Bertz CT molecular complexity index is 1160. The molecule has 1 atom stereocenters. The zero-order valence-electron chi connectivity index (χ0n) is 20.2. The van der Waals surface area contributed by atoms with Crippen molar-refractivity contribution >= 4 is 16.6 Å². The van der Waals surface area contributed by atoms with Gasteiger partial charge < -0.3 is 20.1 Å². The van der Waals surface area contributed by atoms with Crippen LogP contribution in [0, 0.1) is 22.9 Å². The van der Waals surface area contributed by atoms with Crippen LogP contribution in [0.1, 0.15) is 37.4 Å². The van der Waals surface area contributed by atoms with Crippen LogP contribution in [0.25, 0.3) is 10.9 Å². The van der Waals surface area contributed by atoms with Gasteiger partial charge in [-0.05, 0) is 74.5 Å². The molecule has 0 aliphatic carbocycles. The van der Waals surface area contributed by atoms with E-state index in [-0.39, 0.29) is 18.6 Å². The van der Waals surface area contributed by atoms with Crippen molar-refractivity contribution in [1.82, 2.24) is 9.88 Å². The van der Waals surface area contributed by atoms with E-state index in [1.807, 2.05) is 0 Å². The van der Waals surface area contributed by atoms with Gasteiger partial charge in [0.15, 0.2) is 0 Å². The van der Waals surface area contributed by atoms with E-state index in [0.29, 0.717) is 67.8 Å². The van der Waals surface area contributed by atoms with Crippen molar-refractivity contribution < 1.29 is 27.4 Å². The van der Waals surface area contributed by atoms with Crippen LogP contribution in [-0.2, 0) is 0 Å². The van der Waals surface area contributed by atoms with Gasteiger partial charge in [0.25, 0.3) is 0 Å². The van der Waals surface area contributed by atoms with Gasteiger partial charge in [-0.1, -0.05) is 0 Å². The predicted octanol–water partition coefficient (Wildman–Crippen LogP) is 5.64. The van der Waals surface area contributed by atoms with Gasteiger partial charge in [0.1, 0.15) is 29.4 Å². The number of nitrogens with one attached hydrogen (secondary N) is 1. The number of pyridine rings is 1. The Kier molecular flexibility index (Phi) is 8.31. The number of hydrogen-bond acceptors (Lipinski definition) is 5. The summed E-state index contributed by atoms with van der Waals surface area (Å²) in [5, 5.41) is 13.6. The summed E-state index contributed by atoms with van der Waals surface area (Å²) < 4.78 is 61.9. The summed E-state index contributed by atoms with van der Waals surface area (Å²) in [6, 6.07) is 8.29. The van der Waals surface area contributed by atoms with Crippen molar-refractivity contribution in [2.75, 3.05) is 45.2 Å². The van der Waals surface area contributed by atoms with Crippen molar-refractivity contribution in [2.45, 2.75) is 31.9 Å². The van der Waals surface area contributed by atoms with E-state index in [2.05, 4.69) is 15.2 Å². The van der Waals surface area contributed by atoms with E-state index in [1.54, 1.807) is 18.2 Å². The minimum absolute atomic E-state index is 0.0238. The highest BCUT2D eigenvalue weighted by Gasteiger charge is 2.35. The van der Waals surface area contributed by atoms with Crippen LogP contribution in [0.2, 0.25) is 0 Å². The first-order chi connectivity index (χ1) is 17.3. The molecule has 2 N–H and O–H groups in total. The van der Waals surface area contributed by atoms with Crippen LogP contribution in [-0.4, -0.2) is 54.9 Å². The monoisotopic (exact) mass is 505 g/mol. The summed E-state index contributed by atoms with van der Waals surface area (Å²) in [6.45, 7) is 2.53. The van der Waals surface area contributed by atoms with Crippen molar-refractivity contribution in [3.8, 4) is 5.75 Å². The molecular formula is C27H31F4N3O2. The Morgan fingerprint density at radius 3 is 2.50 bits per heavy atom. The highest BCUT2D eigenvalue weighted by Crippen LogP contribution is 2.40. The van der Waals surface area contributed by atoms with Crippen LogP contribution in [0.15, 0.2) is 42.6 Å². The fourth-order valence-electron chi connectivity index (χ4n) is 4.94. The number of anilines is 1. The molecule has 1 fully saturated rings. The van der Waals surface area contributed by atoms with E-state index >= 15 is 4.39 Å². The van der Waals surface area contributed by atoms with Crippen LogP contribution >= 0.6 is 0 Å². The number of piperidine rings is 1. The first kappa shape index (κ1) is 26.2. The van der Waals surface area contributed by atoms with Gasteiger partial charge in [0, 0.05) is 42.4 Å². The molecule has 0 saturated carbocycles. The number of ether oxygens (including phenoxy) is 1. The Morgan fingerprint density at radius 2 is 1.83 bits per heavy atom. The number of aliphatic hydroxyl groups excluding tert-OH is 1. The van der Waals surface area contributed by atoms with Gasteiger partial charge in [0.2, 0.25) is 0 Å². The second-order valence-electron chi connectivity index (χ2n) is 9.49. The summed E-state index contributed by atoms with van der Waals surface area (Å²) >= 11 is 0. The summed E-state index contributed by atoms with van der Waals surface area (Å²) in [5.74, 6) is -1.46. The fourth-order valence-corrected chi connectivity index (χ4v) is 4.94. The molecule has 5 nitrogen and oxygen atoms in total. The topological polar surface area (TPSA) is 57.6 Å². The largest absolute Gasteiger partial charge is 0.497 e. The molecular weight excluding hydrogens is 474 g/mol. The molecule has 3 aromatic rings. The van der Waals surface area contributed by atoms with Gasteiger partial charge >= 0.3 is 0 Å². The number of aliphatic hydroxyl groups is 1. The molecule has 4 rings (SSSR count). The maximum Gasteiger partial charge on any atom is 0.148 e. The Morgan fingerprint density at radius 1 is 1.11 bits per heavy atom. The fraction of sp³-hybridized carbons (Fsp3) is 0.444. The summed E-state index contributed by atoms with van der Waals surface area (Å²) in [7, 11) is 1.50. The zero-order valence-corrected chi connectivity index (χ0v) is 20.2. The molecule has 0 bridgehead atoms. The number of nitrogens with zero attached hydrogens (tertiary/aromatic N) is 2. The lowest BCUT2D eigenvalue weighted by atomic mass is 9.74. The molecule has 2 heterocycles. The van der Waals surface area contributed by atoms with Crippen molar-refractivity contribution in [3.63, 3.8) is 0 Å². The summed E-state index contributed by atoms with van der Waals surface area (Å²) in [5.41, 5.74) is 0.423. The number of halogens is 4. The molecule has 2 aromatic carbocycles. The van der Waals surface area contributed by atoms with Crippen LogP contribution in [0.4, 0.5) is 23.2 Å². The number of likely N-dealkylation sites (tertiary alicyclic amines) is 1. The molecule has 9 heteroatoms. The Hall–Kier alpha value is -2.91. The lowest BCUT2D eigenvalue weighted by Crippen LogP contribution is -2.43. The van der Waals surface area contributed by atoms with E-state index in [4.69, 9.17) is 4.74 Å². The maximum atomic E-state index is 15.4. The normalized spacial score (nSPS) is 16.7. The van der Waals surface area contributed by atoms with Crippen LogP contribution in [0.5, 0.6) is 5.75 Å². The quantitative estimate of drug-likeness (QED) is 0.350. The van der Waals surface area contributed by atoms with Crippen LogP contribution < -0.4 is 10.1 Å². The third-order valence-electron chi connectivity index (χ3n) is 7.18. The molecule has 1 aliphatic heterocycles. The number of benzene rings is 2. The molecule has 0 amide bonds. The average molecular weight is 506 g/mol. The molecule has 1 saturated heterocycles. The van der Waals surface area contributed by atoms with E-state index in [0.717, 1.165) is 12.3 Å². The highest BCUT2D eigenvalue weighted by molar-refractivity contribution is 5.84. The predicted molar refractivity (Wildman–Crippen MR) is 131 cm³/mol.